The minimum absolute atomic E-state index is 0.410. The summed E-state index contributed by atoms with van der Waals surface area (Å²) in [5, 5.41) is 0. The van der Waals surface area contributed by atoms with Crippen LogP contribution in [0.25, 0.3) is 0 Å². The van der Waals surface area contributed by atoms with Crippen molar-refractivity contribution < 1.29 is 4.74 Å². The lowest BCUT2D eigenvalue weighted by atomic mass is 10.1. The number of likely N-dealkylation sites (tertiary alicyclic amines) is 1. The monoisotopic (exact) mass is 188 g/mol. The highest BCUT2D eigenvalue weighted by Crippen LogP contribution is 2.06. The van der Waals surface area contributed by atoms with Crippen molar-refractivity contribution in [3.05, 3.63) is 0 Å². The quantitative estimate of drug-likeness (QED) is 0.511. The Kier molecular flexibility index (Phi) is 4.50. The Labute approximate surface area is 78.9 Å². The first-order valence-electron chi connectivity index (χ1n) is 4.36. The molecule has 0 bridgehead atoms. The third-order valence-electron chi connectivity index (χ3n) is 2.23. The number of piperidine rings is 1. The number of ether oxygens (including phenoxy) is 1. The van der Waals surface area contributed by atoms with E-state index in [1.807, 2.05) is 0 Å². The molecule has 0 aromatic heterocycles. The summed E-state index contributed by atoms with van der Waals surface area (Å²) in [6.07, 6.45) is 2.22. The first kappa shape index (κ1) is 9.89. The van der Waals surface area contributed by atoms with Crippen molar-refractivity contribution >= 4 is 17.8 Å². The SMILES string of the molecule is NC1CCN(CCOC=S)CC1. The van der Waals surface area contributed by atoms with Crippen LogP contribution in [0, 0.1) is 0 Å². The van der Waals surface area contributed by atoms with E-state index in [0.29, 0.717) is 12.6 Å². The van der Waals surface area contributed by atoms with Gasteiger partial charge >= 0.3 is 0 Å². The summed E-state index contributed by atoms with van der Waals surface area (Å²) in [6, 6.07) is 0.410. The summed E-state index contributed by atoms with van der Waals surface area (Å²) >= 11 is 4.55. The topological polar surface area (TPSA) is 38.5 Å². The molecule has 1 saturated heterocycles. The number of hydrogen-bond donors (Lipinski definition) is 1. The van der Waals surface area contributed by atoms with Gasteiger partial charge in [-0.3, -0.25) is 4.90 Å². The van der Waals surface area contributed by atoms with Gasteiger partial charge in [0, 0.05) is 12.6 Å². The van der Waals surface area contributed by atoms with Crippen molar-refractivity contribution in [3.8, 4) is 0 Å². The van der Waals surface area contributed by atoms with Crippen LogP contribution in [0.1, 0.15) is 12.8 Å². The molecule has 0 aromatic carbocycles. The molecule has 3 nitrogen and oxygen atoms in total. The fraction of sp³-hybridized carbons (Fsp3) is 0.875. The first-order chi connectivity index (χ1) is 5.83. The lowest BCUT2D eigenvalue weighted by molar-refractivity contribution is 0.174. The van der Waals surface area contributed by atoms with E-state index in [1.165, 1.54) is 5.55 Å². The molecule has 0 spiro atoms. The molecular formula is C8H16N2OS. The molecule has 0 unspecified atom stereocenters. The largest absolute Gasteiger partial charge is 0.488 e. The Morgan fingerprint density at radius 1 is 1.50 bits per heavy atom. The third-order valence-corrected chi connectivity index (χ3v) is 2.36. The summed E-state index contributed by atoms with van der Waals surface area (Å²) in [6.45, 7) is 3.88. The smallest absolute Gasteiger partial charge is 0.146 e. The Morgan fingerprint density at radius 3 is 2.75 bits per heavy atom. The van der Waals surface area contributed by atoms with Crippen LogP contribution in [-0.2, 0) is 4.74 Å². The van der Waals surface area contributed by atoms with Crippen LogP contribution in [0.3, 0.4) is 0 Å². The van der Waals surface area contributed by atoms with Gasteiger partial charge in [0.25, 0.3) is 0 Å². The van der Waals surface area contributed by atoms with Crippen LogP contribution in [0.15, 0.2) is 0 Å². The first-order valence-corrected chi connectivity index (χ1v) is 4.83. The van der Waals surface area contributed by atoms with Crippen LogP contribution >= 0.6 is 12.2 Å². The van der Waals surface area contributed by atoms with Gasteiger partial charge in [-0.15, -0.1) is 0 Å². The van der Waals surface area contributed by atoms with E-state index >= 15 is 0 Å². The molecule has 12 heavy (non-hydrogen) atoms. The second kappa shape index (κ2) is 5.45. The molecule has 0 aromatic rings. The minimum Gasteiger partial charge on any atom is -0.488 e. The van der Waals surface area contributed by atoms with Gasteiger partial charge in [-0.1, -0.05) is 0 Å². The van der Waals surface area contributed by atoms with Crippen LogP contribution in [0.5, 0.6) is 0 Å². The summed E-state index contributed by atoms with van der Waals surface area (Å²) < 4.78 is 4.98. The number of nitrogens with zero attached hydrogens (tertiary/aromatic N) is 1. The van der Waals surface area contributed by atoms with E-state index in [-0.39, 0.29) is 0 Å². The van der Waals surface area contributed by atoms with Crippen LogP contribution < -0.4 is 5.73 Å². The van der Waals surface area contributed by atoms with Crippen LogP contribution in [0.4, 0.5) is 0 Å². The highest BCUT2D eigenvalue weighted by molar-refractivity contribution is 7.78. The molecule has 1 aliphatic rings. The van der Waals surface area contributed by atoms with E-state index in [0.717, 1.165) is 32.5 Å². The zero-order valence-electron chi connectivity index (χ0n) is 7.24. The molecule has 1 heterocycles. The van der Waals surface area contributed by atoms with Gasteiger partial charge in [0.2, 0.25) is 0 Å². The second-order valence-electron chi connectivity index (χ2n) is 3.15. The van der Waals surface area contributed by atoms with Crippen molar-refractivity contribution in [3.63, 3.8) is 0 Å². The van der Waals surface area contributed by atoms with Gasteiger partial charge < -0.3 is 10.5 Å². The Bertz CT molecular complexity index is 135. The molecular weight excluding hydrogens is 172 g/mol. The molecule has 1 aliphatic heterocycles. The predicted molar refractivity (Wildman–Crippen MR) is 53.3 cm³/mol. The fourth-order valence-electron chi connectivity index (χ4n) is 1.41. The lowest BCUT2D eigenvalue weighted by Crippen LogP contribution is -2.40. The second-order valence-corrected chi connectivity index (χ2v) is 3.34. The van der Waals surface area contributed by atoms with Crippen LogP contribution in [-0.4, -0.2) is 42.7 Å². The lowest BCUT2D eigenvalue weighted by Gasteiger charge is -2.29. The maximum absolute atomic E-state index is 5.77. The number of hydrogen-bond acceptors (Lipinski definition) is 4. The van der Waals surface area contributed by atoms with Gasteiger partial charge in [-0.2, -0.15) is 0 Å². The highest BCUT2D eigenvalue weighted by atomic mass is 32.1. The minimum atomic E-state index is 0.410. The Hall–Kier alpha value is -0.190. The molecule has 70 valence electrons. The average molecular weight is 188 g/mol. The Balaban J connectivity index is 2.05. The van der Waals surface area contributed by atoms with Crippen molar-refractivity contribution in [2.45, 2.75) is 18.9 Å². The molecule has 0 radical (unpaired) electrons. The molecule has 0 saturated carbocycles. The van der Waals surface area contributed by atoms with E-state index < -0.39 is 0 Å². The van der Waals surface area contributed by atoms with Crippen molar-refractivity contribution in [2.75, 3.05) is 26.2 Å². The predicted octanol–water partition coefficient (Wildman–Crippen LogP) is 0.383. The maximum atomic E-state index is 5.77. The Morgan fingerprint density at radius 2 is 2.17 bits per heavy atom. The molecule has 0 aliphatic carbocycles. The fourth-order valence-corrected chi connectivity index (χ4v) is 1.50. The van der Waals surface area contributed by atoms with Gasteiger partial charge in [0.1, 0.15) is 12.2 Å². The summed E-state index contributed by atoms with van der Waals surface area (Å²) in [5.74, 6) is 0. The number of rotatable bonds is 4. The van der Waals surface area contributed by atoms with E-state index in [2.05, 4.69) is 17.1 Å². The van der Waals surface area contributed by atoms with E-state index in [9.17, 15) is 0 Å². The van der Waals surface area contributed by atoms with Crippen molar-refractivity contribution in [1.82, 2.24) is 4.90 Å². The van der Waals surface area contributed by atoms with Gasteiger partial charge in [-0.05, 0) is 38.1 Å². The van der Waals surface area contributed by atoms with Crippen molar-refractivity contribution in [1.29, 1.82) is 0 Å². The zero-order chi connectivity index (χ0) is 8.81. The maximum Gasteiger partial charge on any atom is 0.146 e. The summed E-state index contributed by atoms with van der Waals surface area (Å²) in [5.41, 5.74) is 7.10. The summed E-state index contributed by atoms with van der Waals surface area (Å²) in [7, 11) is 0. The standard InChI is InChI=1S/C8H16N2OS/c9-8-1-3-10(4-2-8)5-6-11-7-12/h7-8H,1-6,9H2. The number of thiocarbonyl (C=S) groups is 1. The van der Waals surface area contributed by atoms with Gasteiger partial charge in [-0.25, -0.2) is 0 Å². The number of nitrogens with two attached hydrogens (primary N) is 1. The van der Waals surface area contributed by atoms with Gasteiger partial charge in [0.15, 0.2) is 0 Å². The molecule has 2 N–H and O–H groups in total. The molecule has 4 heteroatoms. The van der Waals surface area contributed by atoms with Crippen molar-refractivity contribution in [2.24, 2.45) is 5.73 Å². The highest BCUT2D eigenvalue weighted by Gasteiger charge is 2.14. The molecule has 0 amide bonds. The normalized spacial score (nSPS) is 20.8. The molecule has 1 rings (SSSR count). The van der Waals surface area contributed by atoms with Crippen LogP contribution in [0.2, 0.25) is 0 Å². The van der Waals surface area contributed by atoms with E-state index in [4.69, 9.17) is 10.5 Å². The molecule has 0 atom stereocenters. The third kappa shape index (κ3) is 3.47. The van der Waals surface area contributed by atoms with Gasteiger partial charge in [0.05, 0.1) is 0 Å². The van der Waals surface area contributed by atoms with E-state index in [1.54, 1.807) is 0 Å². The summed E-state index contributed by atoms with van der Waals surface area (Å²) in [4.78, 5) is 2.36. The molecule has 1 fully saturated rings. The average Bonchev–Trinajstić information content (AvgIpc) is 2.09. The zero-order valence-corrected chi connectivity index (χ0v) is 8.05.